The first kappa shape index (κ1) is 15.8. The largest absolute Gasteiger partial charge is 0.491 e. The highest BCUT2D eigenvalue weighted by Crippen LogP contribution is 2.32. The lowest BCUT2D eigenvalue weighted by Gasteiger charge is -2.21. The van der Waals surface area contributed by atoms with E-state index in [0.717, 1.165) is 42.2 Å². The van der Waals surface area contributed by atoms with Crippen molar-refractivity contribution in [3.05, 3.63) is 42.5 Å². The molecule has 1 amide bonds. The Balaban J connectivity index is 1.47. The molecule has 0 saturated heterocycles. The van der Waals surface area contributed by atoms with Gasteiger partial charge in [-0.1, -0.05) is 49.2 Å². The number of carbonyl (C=O) groups excluding carboxylic acids is 1. The number of nitrogens with one attached hydrogen (secondary N) is 1. The highest BCUT2D eigenvalue weighted by Gasteiger charge is 2.33. The van der Waals surface area contributed by atoms with E-state index in [1.165, 1.54) is 0 Å². The van der Waals surface area contributed by atoms with Crippen LogP contribution in [0.15, 0.2) is 42.5 Å². The third-order valence-electron chi connectivity index (χ3n) is 4.46. The van der Waals surface area contributed by atoms with Crippen LogP contribution in [-0.4, -0.2) is 29.8 Å². The Morgan fingerprint density at radius 1 is 1.13 bits per heavy atom. The fourth-order valence-electron chi connectivity index (χ4n) is 3.24. The third kappa shape index (κ3) is 4.02. The minimum Gasteiger partial charge on any atom is -0.491 e. The zero-order valence-corrected chi connectivity index (χ0v) is 13.3. The number of amides is 1. The second kappa shape index (κ2) is 7.01. The molecular formula is C19H23NO3. The number of fused-ring (bicyclic) bond motifs is 1. The Morgan fingerprint density at radius 2 is 1.87 bits per heavy atom. The van der Waals surface area contributed by atoms with Crippen molar-refractivity contribution in [3.8, 4) is 5.75 Å². The van der Waals surface area contributed by atoms with Crippen LogP contribution in [0.4, 0.5) is 0 Å². The van der Waals surface area contributed by atoms with Gasteiger partial charge in [0.2, 0.25) is 5.91 Å². The van der Waals surface area contributed by atoms with Gasteiger partial charge in [-0.3, -0.25) is 4.79 Å². The summed E-state index contributed by atoms with van der Waals surface area (Å²) in [5.74, 6) is 0.725. The lowest BCUT2D eigenvalue weighted by atomic mass is 9.98. The van der Waals surface area contributed by atoms with Crippen LogP contribution in [-0.2, 0) is 4.79 Å². The van der Waals surface area contributed by atoms with E-state index in [1.54, 1.807) is 0 Å². The van der Waals surface area contributed by atoms with E-state index in [0.29, 0.717) is 13.2 Å². The average molecular weight is 313 g/mol. The molecule has 0 aliphatic heterocycles. The van der Waals surface area contributed by atoms with E-state index in [1.807, 2.05) is 42.5 Å². The topological polar surface area (TPSA) is 58.6 Å². The van der Waals surface area contributed by atoms with Gasteiger partial charge in [0, 0.05) is 5.39 Å². The van der Waals surface area contributed by atoms with Crippen molar-refractivity contribution < 1.29 is 14.6 Å². The molecule has 1 aliphatic carbocycles. The minimum atomic E-state index is -0.791. The van der Waals surface area contributed by atoms with Crippen LogP contribution in [0.5, 0.6) is 5.75 Å². The molecular weight excluding hydrogens is 290 g/mol. The van der Waals surface area contributed by atoms with Gasteiger partial charge < -0.3 is 15.2 Å². The molecule has 122 valence electrons. The predicted molar refractivity (Wildman–Crippen MR) is 90.5 cm³/mol. The van der Waals surface area contributed by atoms with E-state index >= 15 is 0 Å². The summed E-state index contributed by atoms with van der Waals surface area (Å²) >= 11 is 0. The number of aliphatic hydroxyl groups is 1. The van der Waals surface area contributed by atoms with E-state index in [-0.39, 0.29) is 12.3 Å². The van der Waals surface area contributed by atoms with Crippen molar-refractivity contribution in [1.82, 2.24) is 5.32 Å². The van der Waals surface area contributed by atoms with Crippen molar-refractivity contribution in [1.29, 1.82) is 0 Å². The molecule has 3 rings (SSSR count). The summed E-state index contributed by atoms with van der Waals surface area (Å²) in [5.41, 5.74) is -0.791. The van der Waals surface area contributed by atoms with Crippen LogP contribution in [0.25, 0.3) is 10.8 Å². The molecule has 2 N–H and O–H groups in total. The third-order valence-corrected chi connectivity index (χ3v) is 4.46. The molecule has 0 heterocycles. The highest BCUT2D eigenvalue weighted by atomic mass is 16.5. The highest BCUT2D eigenvalue weighted by molar-refractivity contribution is 5.88. The Morgan fingerprint density at radius 3 is 2.70 bits per heavy atom. The summed E-state index contributed by atoms with van der Waals surface area (Å²) in [6, 6.07) is 14.0. The summed E-state index contributed by atoms with van der Waals surface area (Å²) in [4.78, 5) is 11.9. The van der Waals surface area contributed by atoms with Crippen molar-refractivity contribution in [2.75, 3.05) is 13.2 Å². The number of rotatable bonds is 6. The molecule has 4 nitrogen and oxygen atoms in total. The minimum absolute atomic E-state index is 0.101. The van der Waals surface area contributed by atoms with Gasteiger partial charge in [-0.05, 0) is 24.3 Å². The zero-order valence-electron chi connectivity index (χ0n) is 13.3. The molecule has 0 bridgehead atoms. The molecule has 1 aliphatic rings. The monoisotopic (exact) mass is 313 g/mol. The molecule has 2 aromatic rings. The molecule has 4 heteroatoms. The summed E-state index contributed by atoms with van der Waals surface area (Å²) in [5, 5.41) is 15.3. The first-order valence-electron chi connectivity index (χ1n) is 8.26. The molecule has 23 heavy (non-hydrogen) atoms. The van der Waals surface area contributed by atoms with Gasteiger partial charge >= 0.3 is 0 Å². The van der Waals surface area contributed by atoms with Crippen LogP contribution >= 0.6 is 0 Å². The average Bonchev–Trinajstić information content (AvgIpc) is 2.97. The Kier molecular flexibility index (Phi) is 4.82. The van der Waals surface area contributed by atoms with Crippen molar-refractivity contribution in [2.24, 2.45) is 0 Å². The first-order chi connectivity index (χ1) is 11.2. The van der Waals surface area contributed by atoms with E-state index in [9.17, 15) is 9.90 Å². The van der Waals surface area contributed by atoms with Crippen LogP contribution < -0.4 is 10.1 Å². The van der Waals surface area contributed by atoms with E-state index in [2.05, 4.69) is 5.32 Å². The van der Waals surface area contributed by atoms with Crippen LogP contribution in [0.3, 0.4) is 0 Å². The zero-order chi connectivity index (χ0) is 16.1. The standard InChI is InChI=1S/C19H23NO3/c21-18(14-19(22)10-3-4-11-19)20-12-13-23-17-9-5-7-15-6-1-2-8-16(15)17/h1-2,5-9,22H,3-4,10-14H2,(H,20,21). The van der Waals surface area contributed by atoms with Crippen molar-refractivity contribution in [2.45, 2.75) is 37.7 Å². The van der Waals surface area contributed by atoms with Crippen LogP contribution in [0.2, 0.25) is 0 Å². The molecule has 0 atom stereocenters. The van der Waals surface area contributed by atoms with Crippen LogP contribution in [0, 0.1) is 0 Å². The molecule has 0 aromatic heterocycles. The fourth-order valence-corrected chi connectivity index (χ4v) is 3.24. The van der Waals surface area contributed by atoms with Crippen LogP contribution in [0.1, 0.15) is 32.1 Å². The van der Waals surface area contributed by atoms with Gasteiger partial charge in [-0.15, -0.1) is 0 Å². The number of ether oxygens (including phenoxy) is 1. The van der Waals surface area contributed by atoms with E-state index in [4.69, 9.17) is 4.74 Å². The van der Waals surface area contributed by atoms with Gasteiger partial charge in [0.25, 0.3) is 0 Å². The lowest BCUT2D eigenvalue weighted by molar-refractivity contribution is -0.126. The van der Waals surface area contributed by atoms with Gasteiger partial charge in [0.05, 0.1) is 18.6 Å². The van der Waals surface area contributed by atoms with E-state index < -0.39 is 5.60 Å². The maximum Gasteiger partial charge on any atom is 0.223 e. The van der Waals surface area contributed by atoms with Gasteiger partial charge in [0.1, 0.15) is 12.4 Å². The molecule has 1 fully saturated rings. The number of benzene rings is 2. The Bertz CT molecular complexity index is 672. The van der Waals surface area contributed by atoms with Gasteiger partial charge in [-0.2, -0.15) is 0 Å². The lowest BCUT2D eigenvalue weighted by Crippen LogP contribution is -2.36. The van der Waals surface area contributed by atoms with Gasteiger partial charge in [-0.25, -0.2) is 0 Å². The van der Waals surface area contributed by atoms with Gasteiger partial charge in [0.15, 0.2) is 0 Å². The second-order valence-corrected chi connectivity index (χ2v) is 6.28. The molecule has 2 aromatic carbocycles. The number of carbonyl (C=O) groups is 1. The van der Waals surface area contributed by atoms with Crippen molar-refractivity contribution in [3.63, 3.8) is 0 Å². The molecule has 0 unspecified atom stereocenters. The maximum atomic E-state index is 11.9. The SMILES string of the molecule is O=C(CC1(O)CCCC1)NCCOc1cccc2ccccc12. The number of hydrogen-bond acceptors (Lipinski definition) is 3. The summed E-state index contributed by atoms with van der Waals surface area (Å²) in [6.45, 7) is 0.857. The molecule has 0 spiro atoms. The summed E-state index contributed by atoms with van der Waals surface area (Å²) in [7, 11) is 0. The fraction of sp³-hybridized carbons (Fsp3) is 0.421. The first-order valence-corrected chi connectivity index (χ1v) is 8.26. The maximum absolute atomic E-state index is 11.9. The quantitative estimate of drug-likeness (QED) is 0.806. The Hall–Kier alpha value is -2.07. The molecule has 1 saturated carbocycles. The van der Waals surface area contributed by atoms with Crippen molar-refractivity contribution >= 4 is 16.7 Å². The molecule has 0 radical (unpaired) electrons. The summed E-state index contributed by atoms with van der Waals surface area (Å²) < 4.78 is 5.79. The number of hydrogen-bond donors (Lipinski definition) is 2. The Labute approximate surface area is 136 Å². The predicted octanol–water partition coefficient (Wildman–Crippen LogP) is 3.03. The summed E-state index contributed by atoms with van der Waals surface area (Å²) in [6.07, 6.45) is 3.67. The normalized spacial score (nSPS) is 16.4. The smallest absolute Gasteiger partial charge is 0.223 e. The second-order valence-electron chi connectivity index (χ2n) is 6.28.